The zero-order chi connectivity index (χ0) is 19.9. The van der Waals surface area contributed by atoms with E-state index in [1.54, 1.807) is 55.6 Å². The zero-order valence-corrected chi connectivity index (χ0v) is 15.4. The Morgan fingerprint density at radius 2 is 1.86 bits per heavy atom. The van der Waals surface area contributed by atoms with E-state index in [1.807, 2.05) is 6.07 Å². The largest absolute Gasteiger partial charge is 0.497 e. The number of rotatable bonds is 6. The summed E-state index contributed by atoms with van der Waals surface area (Å²) in [6.07, 6.45) is 1.54. The standard InChI is InChI=1S/C21H18N4O3/c1-27-16-8-10-18(20(11-16)28-2)25-21(26)19-9-7-15(13-23-19)24-17-6-4-3-5-14(17)12-22/h3-11,13,24H,1-2H3,(H,25,26). The van der Waals surface area contributed by atoms with E-state index in [9.17, 15) is 4.79 Å². The number of anilines is 3. The summed E-state index contributed by atoms with van der Waals surface area (Å²) >= 11 is 0. The van der Waals surface area contributed by atoms with E-state index in [2.05, 4.69) is 21.7 Å². The maximum atomic E-state index is 12.5. The first-order valence-corrected chi connectivity index (χ1v) is 8.40. The number of nitriles is 1. The third-order valence-electron chi connectivity index (χ3n) is 3.98. The Labute approximate surface area is 162 Å². The number of carbonyl (C=O) groups excluding carboxylic acids is 1. The predicted molar refractivity (Wildman–Crippen MR) is 106 cm³/mol. The smallest absolute Gasteiger partial charge is 0.274 e. The molecular weight excluding hydrogens is 356 g/mol. The fraction of sp³-hybridized carbons (Fsp3) is 0.0952. The molecule has 7 nitrogen and oxygen atoms in total. The number of methoxy groups -OCH3 is 2. The highest BCUT2D eigenvalue weighted by molar-refractivity contribution is 6.03. The summed E-state index contributed by atoms with van der Waals surface area (Å²) in [5, 5.41) is 15.0. The topological polar surface area (TPSA) is 96.3 Å². The molecule has 0 spiro atoms. The Morgan fingerprint density at radius 1 is 1.04 bits per heavy atom. The van der Waals surface area contributed by atoms with Gasteiger partial charge in [0, 0.05) is 6.07 Å². The van der Waals surface area contributed by atoms with Gasteiger partial charge in [-0.05, 0) is 36.4 Å². The number of amides is 1. The third kappa shape index (κ3) is 4.19. The quantitative estimate of drug-likeness (QED) is 0.678. The maximum absolute atomic E-state index is 12.5. The lowest BCUT2D eigenvalue weighted by atomic mass is 10.2. The molecule has 28 heavy (non-hydrogen) atoms. The highest BCUT2D eigenvalue weighted by atomic mass is 16.5. The van der Waals surface area contributed by atoms with Gasteiger partial charge >= 0.3 is 0 Å². The first-order valence-electron chi connectivity index (χ1n) is 8.40. The second kappa shape index (κ2) is 8.56. The van der Waals surface area contributed by atoms with E-state index in [-0.39, 0.29) is 11.6 Å². The summed E-state index contributed by atoms with van der Waals surface area (Å²) in [5.74, 6) is 0.743. The molecule has 7 heteroatoms. The number of ether oxygens (including phenoxy) is 2. The Kier molecular flexibility index (Phi) is 5.72. The number of benzene rings is 2. The number of hydrogen-bond donors (Lipinski definition) is 2. The Balaban J connectivity index is 1.73. The lowest BCUT2D eigenvalue weighted by molar-refractivity contribution is 0.102. The first kappa shape index (κ1) is 18.7. The van der Waals surface area contributed by atoms with E-state index in [0.29, 0.717) is 34.1 Å². The van der Waals surface area contributed by atoms with Crippen LogP contribution in [-0.4, -0.2) is 25.1 Å². The molecule has 2 aromatic carbocycles. The van der Waals surface area contributed by atoms with Crippen LogP contribution in [0.15, 0.2) is 60.8 Å². The second-order valence-electron chi connectivity index (χ2n) is 5.73. The number of nitrogens with one attached hydrogen (secondary N) is 2. The van der Waals surface area contributed by atoms with Gasteiger partial charge in [0.25, 0.3) is 5.91 Å². The monoisotopic (exact) mass is 374 g/mol. The molecule has 0 atom stereocenters. The second-order valence-corrected chi connectivity index (χ2v) is 5.73. The summed E-state index contributed by atoms with van der Waals surface area (Å²) < 4.78 is 10.4. The van der Waals surface area contributed by atoms with E-state index in [0.717, 1.165) is 0 Å². The van der Waals surface area contributed by atoms with E-state index in [1.165, 1.54) is 13.3 Å². The summed E-state index contributed by atoms with van der Waals surface area (Å²) in [6.45, 7) is 0. The van der Waals surface area contributed by atoms with Gasteiger partial charge in [0.05, 0.1) is 43.0 Å². The SMILES string of the molecule is COc1ccc(NC(=O)c2ccc(Nc3ccccc3C#N)cn2)c(OC)c1. The molecule has 1 amide bonds. The van der Waals surface area contributed by atoms with Gasteiger partial charge in [0.2, 0.25) is 0 Å². The van der Waals surface area contributed by atoms with E-state index < -0.39 is 0 Å². The van der Waals surface area contributed by atoms with Crippen LogP contribution in [0.3, 0.4) is 0 Å². The van der Waals surface area contributed by atoms with Crippen LogP contribution >= 0.6 is 0 Å². The molecule has 3 rings (SSSR count). The molecule has 0 aliphatic carbocycles. The first-order chi connectivity index (χ1) is 13.6. The molecule has 3 aromatic rings. The Bertz CT molecular complexity index is 1030. The van der Waals surface area contributed by atoms with Crippen molar-refractivity contribution in [3.63, 3.8) is 0 Å². The van der Waals surface area contributed by atoms with Crippen LogP contribution in [0.5, 0.6) is 11.5 Å². The van der Waals surface area contributed by atoms with Crippen LogP contribution < -0.4 is 20.1 Å². The number of aromatic nitrogens is 1. The van der Waals surface area contributed by atoms with Gasteiger partial charge in [0.15, 0.2) is 0 Å². The molecule has 0 aliphatic rings. The minimum absolute atomic E-state index is 0.247. The fourth-order valence-electron chi connectivity index (χ4n) is 2.54. The molecule has 0 saturated carbocycles. The molecule has 0 radical (unpaired) electrons. The van der Waals surface area contributed by atoms with Crippen LogP contribution in [-0.2, 0) is 0 Å². The van der Waals surface area contributed by atoms with Crippen molar-refractivity contribution in [3.05, 3.63) is 72.1 Å². The number of carbonyl (C=O) groups is 1. The minimum atomic E-state index is -0.368. The summed E-state index contributed by atoms with van der Waals surface area (Å²) in [5.41, 5.74) is 2.63. The van der Waals surface area contributed by atoms with Gasteiger partial charge in [-0.1, -0.05) is 12.1 Å². The van der Waals surface area contributed by atoms with E-state index >= 15 is 0 Å². The molecule has 0 unspecified atom stereocenters. The number of pyridine rings is 1. The highest BCUT2D eigenvalue weighted by Crippen LogP contribution is 2.29. The average Bonchev–Trinajstić information content (AvgIpc) is 2.74. The molecule has 1 heterocycles. The summed E-state index contributed by atoms with van der Waals surface area (Å²) in [4.78, 5) is 16.7. The van der Waals surface area contributed by atoms with Crippen molar-refractivity contribution in [1.82, 2.24) is 4.98 Å². The van der Waals surface area contributed by atoms with Gasteiger partial charge in [-0.25, -0.2) is 4.98 Å². The molecule has 0 fully saturated rings. The molecule has 140 valence electrons. The van der Waals surface area contributed by atoms with Crippen molar-refractivity contribution in [1.29, 1.82) is 5.26 Å². The van der Waals surface area contributed by atoms with Crippen LogP contribution in [0.25, 0.3) is 0 Å². The number of hydrogen-bond acceptors (Lipinski definition) is 6. The van der Waals surface area contributed by atoms with Crippen LogP contribution in [0.1, 0.15) is 16.1 Å². The van der Waals surface area contributed by atoms with Crippen molar-refractivity contribution in [2.24, 2.45) is 0 Å². The van der Waals surface area contributed by atoms with Crippen LogP contribution in [0, 0.1) is 11.3 Å². The summed E-state index contributed by atoms with van der Waals surface area (Å²) in [7, 11) is 3.07. The van der Waals surface area contributed by atoms with Gasteiger partial charge < -0.3 is 20.1 Å². The van der Waals surface area contributed by atoms with Crippen molar-refractivity contribution in [3.8, 4) is 17.6 Å². The van der Waals surface area contributed by atoms with Crippen molar-refractivity contribution < 1.29 is 14.3 Å². The lowest BCUT2D eigenvalue weighted by Gasteiger charge is -2.12. The molecule has 0 aliphatic heterocycles. The van der Waals surface area contributed by atoms with Crippen molar-refractivity contribution in [2.45, 2.75) is 0 Å². The third-order valence-corrected chi connectivity index (χ3v) is 3.98. The minimum Gasteiger partial charge on any atom is -0.497 e. The van der Waals surface area contributed by atoms with Gasteiger partial charge in [-0.15, -0.1) is 0 Å². The van der Waals surface area contributed by atoms with Crippen LogP contribution in [0.2, 0.25) is 0 Å². The van der Waals surface area contributed by atoms with Crippen molar-refractivity contribution in [2.75, 3.05) is 24.9 Å². The highest BCUT2D eigenvalue weighted by Gasteiger charge is 2.12. The molecule has 0 saturated heterocycles. The molecule has 0 bridgehead atoms. The van der Waals surface area contributed by atoms with Gasteiger partial charge in [-0.3, -0.25) is 4.79 Å². The molecular formula is C21H18N4O3. The lowest BCUT2D eigenvalue weighted by Crippen LogP contribution is -2.14. The van der Waals surface area contributed by atoms with E-state index in [4.69, 9.17) is 14.7 Å². The molecule has 1 aromatic heterocycles. The Morgan fingerprint density at radius 3 is 2.54 bits per heavy atom. The fourth-order valence-corrected chi connectivity index (χ4v) is 2.54. The normalized spacial score (nSPS) is 9.89. The zero-order valence-electron chi connectivity index (χ0n) is 15.4. The number of nitrogens with zero attached hydrogens (tertiary/aromatic N) is 2. The Hall–Kier alpha value is -4.05. The van der Waals surface area contributed by atoms with Crippen LogP contribution in [0.4, 0.5) is 17.1 Å². The summed E-state index contributed by atoms with van der Waals surface area (Å²) in [6, 6.07) is 17.7. The maximum Gasteiger partial charge on any atom is 0.274 e. The van der Waals surface area contributed by atoms with Gasteiger partial charge in [-0.2, -0.15) is 5.26 Å². The predicted octanol–water partition coefficient (Wildman–Crippen LogP) is 3.97. The van der Waals surface area contributed by atoms with Crippen molar-refractivity contribution >= 4 is 23.0 Å². The average molecular weight is 374 g/mol. The van der Waals surface area contributed by atoms with Gasteiger partial charge in [0.1, 0.15) is 23.3 Å². The number of para-hydroxylation sites is 1. The molecule has 2 N–H and O–H groups in total.